The van der Waals surface area contributed by atoms with Gasteiger partial charge >= 0.3 is 0 Å². The first-order valence-electron chi connectivity index (χ1n) is 13.5. The number of halogens is 1. The van der Waals surface area contributed by atoms with Crippen LogP contribution in [0, 0.1) is 33.5 Å². The van der Waals surface area contributed by atoms with Crippen molar-refractivity contribution in [3.63, 3.8) is 0 Å². The van der Waals surface area contributed by atoms with Crippen LogP contribution in [0.4, 0.5) is 4.39 Å². The van der Waals surface area contributed by atoms with Crippen LogP contribution in [0.5, 0.6) is 0 Å². The molecular formula is C30H38FN3O4S2. The van der Waals surface area contributed by atoms with E-state index in [1.807, 2.05) is 37.4 Å². The smallest absolute Gasteiger partial charge is 0.244 e. The number of sulfonamides is 1. The van der Waals surface area contributed by atoms with Crippen molar-refractivity contribution in [2.45, 2.75) is 45.7 Å². The Morgan fingerprint density at radius 3 is 2.23 bits per heavy atom. The molecule has 1 amide bonds. The number of benzene rings is 2. The minimum Gasteiger partial charge on any atom is -0.379 e. The zero-order valence-electron chi connectivity index (χ0n) is 23.7. The van der Waals surface area contributed by atoms with Gasteiger partial charge in [-0.25, -0.2) is 12.8 Å². The highest BCUT2D eigenvalue weighted by Gasteiger charge is 2.32. The number of carbonyl (C=O) groups excluding carboxylic acids is 1. The fourth-order valence-corrected chi connectivity index (χ4v) is 7.81. The van der Waals surface area contributed by atoms with Crippen molar-refractivity contribution in [1.82, 2.24) is 14.1 Å². The quantitative estimate of drug-likeness (QED) is 0.326. The van der Waals surface area contributed by atoms with E-state index in [2.05, 4.69) is 4.90 Å². The first-order chi connectivity index (χ1) is 19.0. The summed E-state index contributed by atoms with van der Waals surface area (Å²) in [4.78, 5) is 19.0. The molecule has 0 unspecified atom stereocenters. The van der Waals surface area contributed by atoms with Crippen LogP contribution >= 0.6 is 11.3 Å². The third kappa shape index (κ3) is 7.55. The number of ether oxygens (including phenoxy) is 1. The first kappa shape index (κ1) is 30.3. The largest absolute Gasteiger partial charge is 0.379 e. The molecule has 0 radical (unpaired) electrons. The second-order valence-electron chi connectivity index (χ2n) is 10.4. The van der Waals surface area contributed by atoms with Crippen molar-refractivity contribution >= 4 is 27.3 Å². The second kappa shape index (κ2) is 13.4. The lowest BCUT2D eigenvalue weighted by Gasteiger charge is -2.31. The summed E-state index contributed by atoms with van der Waals surface area (Å²) in [6.45, 7) is 11.2. The monoisotopic (exact) mass is 587 g/mol. The molecule has 216 valence electrons. The van der Waals surface area contributed by atoms with Gasteiger partial charge in [-0.3, -0.25) is 9.69 Å². The number of rotatable bonds is 11. The standard InChI is InChI=1S/C30H38FN3O4S2/c1-22-17-24(3)30(25(4)18-22)40(36,37)34(11-10-32-12-14-38-15-13-32)21-29(35)33(20-28-23(2)9-16-39-28)19-26-5-7-27(31)8-6-26/h5-9,16-18H,10-15,19-21H2,1-4H3. The maximum absolute atomic E-state index is 14.2. The predicted molar refractivity (Wildman–Crippen MR) is 156 cm³/mol. The molecule has 0 aliphatic carbocycles. The Morgan fingerprint density at radius 1 is 0.975 bits per heavy atom. The molecular weight excluding hydrogens is 549 g/mol. The van der Waals surface area contributed by atoms with Gasteiger partial charge < -0.3 is 9.64 Å². The molecule has 1 aliphatic heterocycles. The average molecular weight is 588 g/mol. The fraction of sp³-hybridized carbons (Fsp3) is 0.433. The third-order valence-corrected chi connectivity index (χ3v) is 10.4. The molecule has 4 rings (SSSR count). The Balaban J connectivity index is 1.64. The lowest BCUT2D eigenvalue weighted by molar-refractivity contribution is -0.132. The fourth-order valence-electron chi connectivity index (χ4n) is 5.10. The Bertz CT molecular complexity index is 1390. The van der Waals surface area contributed by atoms with E-state index in [1.54, 1.807) is 42.2 Å². The van der Waals surface area contributed by atoms with Gasteiger partial charge in [0.1, 0.15) is 5.82 Å². The number of carbonyl (C=O) groups is 1. The Kier molecular flexibility index (Phi) is 10.1. The molecule has 7 nitrogen and oxygen atoms in total. The Hall–Kier alpha value is -2.63. The third-order valence-electron chi connectivity index (χ3n) is 7.23. The van der Waals surface area contributed by atoms with Crippen LogP contribution in [0.15, 0.2) is 52.7 Å². The number of nitrogens with zero attached hydrogens (tertiary/aromatic N) is 3. The zero-order chi connectivity index (χ0) is 28.9. The van der Waals surface area contributed by atoms with Crippen molar-refractivity contribution < 1.29 is 22.3 Å². The van der Waals surface area contributed by atoms with Gasteiger partial charge in [-0.1, -0.05) is 29.8 Å². The SMILES string of the molecule is Cc1cc(C)c(S(=O)(=O)N(CCN2CCOCC2)CC(=O)N(Cc2ccc(F)cc2)Cc2sccc2C)c(C)c1. The van der Waals surface area contributed by atoms with E-state index in [0.717, 1.165) is 34.7 Å². The summed E-state index contributed by atoms with van der Waals surface area (Å²) in [6.07, 6.45) is 0. The minimum atomic E-state index is -3.98. The first-order valence-corrected chi connectivity index (χ1v) is 15.8. The summed E-state index contributed by atoms with van der Waals surface area (Å²) >= 11 is 1.56. The summed E-state index contributed by atoms with van der Waals surface area (Å²) in [5.41, 5.74) is 4.17. The Morgan fingerprint density at radius 2 is 1.62 bits per heavy atom. The van der Waals surface area contributed by atoms with E-state index in [-0.39, 0.29) is 36.3 Å². The van der Waals surface area contributed by atoms with Gasteiger partial charge in [0.2, 0.25) is 15.9 Å². The molecule has 0 bridgehead atoms. The molecule has 0 spiro atoms. The number of hydrogen-bond acceptors (Lipinski definition) is 6. The molecule has 0 N–H and O–H groups in total. The maximum atomic E-state index is 14.2. The molecule has 0 saturated carbocycles. The van der Waals surface area contributed by atoms with Crippen molar-refractivity contribution in [2.24, 2.45) is 0 Å². The van der Waals surface area contributed by atoms with Crippen molar-refractivity contribution in [1.29, 1.82) is 0 Å². The number of thiophene rings is 1. The lowest BCUT2D eigenvalue weighted by atomic mass is 10.1. The van der Waals surface area contributed by atoms with Crippen molar-refractivity contribution in [3.05, 3.63) is 86.4 Å². The summed E-state index contributed by atoms with van der Waals surface area (Å²) in [5.74, 6) is -0.648. The minimum absolute atomic E-state index is 0.184. The van der Waals surface area contributed by atoms with Crippen LogP contribution in [-0.4, -0.2) is 74.4 Å². The summed E-state index contributed by atoms with van der Waals surface area (Å²) < 4.78 is 48.7. The van der Waals surface area contributed by atoms with Gasteiger partial charge in [-0.05, 0) is 73.5 Å². The van der Waals surface area contributed by atoms with Gasteiger partial charge in [0, 0.05) is 37.6 Å². The van der Waals surface area contributed by atoms with E-state index in [9.17, 15) is 17.6 Å². The average Bonchev–Trinajstić information content (AvgIpc) is 3.31. The zero-order valence-corrected chi connectivity index (χ0v) is 25.3. The molecule has 2 heterocycles. The van der Waals surface area contributed by atoms with Crippen molar-refractivity contribution in [2.75, 3.05) is 45.9 Å². The number of amides is 1. The summed E-state index contributed by atoms with van der Waals surface area (Å²) in [5, 5.41) is 1.98. The summed E-state index contributed by atoms with van der Waals surface area (Å²) in [7, 11) is -3.98. The van der Waals surface area contributed by atoms with Crippen LogP contribution in [0.2, 0.25) is 0 Å². The lowest BCUT2D eigenvalue weighted by Crippen LogP contribution is -2.47. The molecule has 1 saturated heterocycles. The molecule has 2 aromatic carbocycles. The number of hydrogen-bond donors (Lipinski definition) is 0. The topological polar surface area (TPSA) is 70.2 Å². The molecule has 40 heavy (non-hydrogen) atoms. The number of morpholine rings is 1. The highest BCUT2D eigenvalue weighted by molar-refractivity contribution is 7.89. The molecule has 1 aliphatic rings. The second-order valence-corrected chi connectivity index (χ2v) is 13.3. The van der Waals surface area contributed by atoms with E-state index in [4.69, 9.17) is 4.74 Å². The molecule has 0 atom stereocenters. The molecule has 3 aromatic rings. The van der Waals surface area contributed by atoms with Gasteiger partial charge in [0.25, 0.3) is 0 Å². The van der Waals surface area contributed by atoms with Crippen LogP contribution in [0.3, 0.4) is 0 Å². The normalized spacial score (nSPS) is 14.6. The predicted octanol–water partition coefficient (Wildman–Crippen LogP) is 4.67. The van der Waals surface area contributed by atoms with Gasteiger partial charge in [0.05, 0.1) is 31.2 Å². The molecule has 1 fully saturated rings. The van der Waals surface area contributed by atoms with Crippen LogP contribution in [-0.2, 0) is 32.6 Å². The summed E-state index contributed by atoms with van der Waals surface area (Å²) in [6, 6.07) is 11.8. The molecule has 10 heteroatoms. The van der Waals surface area contributed by atoms with E-state index >= 15 is 0 Å². The molecule has 1 aromatic heterocycles. The van der Waals surface area contributed by atoms with E-state index < -0.39 is 10.0 Å². The maximum Gasteiger partial charge on any atom is 0.244 e. The highest BCUT2D eigenvalue weighted by atomic mass is 32.2. The van der Waals surface area contributed by atoms with Crippen LogP contribution in [0.1, 0.15) is 32.7 Å². The van der Waals surface area contributed by atoms with E-state index in [1.165, 1.54) is 16.4 Å². The van der Waals surface area contributed by atoms with Gasteiger partial charge in [0.15, 0.2) is 0 Å². The van der Waals surface area contributed by atoms with E-state index in [0.29, 0.717) is 37.4 Å². The van der Waals surface area contributed by atoms with Gasteiger partial charge in [-0.2, -0.15) is 4.31 Å². The van der Waals surface area contributed by atoms with Crippen LogP contribution < -0.4 is 0 Å². The van der Waals surface area contributed by atoms with Crippen molar-refractivity contribution in [3.8, 4) is 0 Å². The van der Waals surface area contributed by atoms with Crippen LogP contribution in [0.25, 0.3) is 0 Å². The number of aryl methyl sites for hydroxylation is 4. The van der Waals surface area contributed by atoms with Gasteiger partial charge in [-0.15, -0.1) is 11.3 Å². The highest BCUT2D eigenvalue weighted by Crippen LogP contribution is 2.26. The Labute approximate surface area is 241 Å².